The molecule has 94 valence electrons. The molecular weight excluding hydrogens is 249 g/mol. The van der Waals surface area contributed by atoms with Crippen molar-refractivity contribution in [2.24, 2.45) is 5.14 Å². The Hall–Kier alpha value is -1.67. The van der Waals surface area contributed by atoms with Crippen molar-refractivity contribution >= 4 is 21.6 Å². The van der Waals surface area contributed by atoms with E-state index in [9.17, 15) is 17.6 Å². The maximum absolute atomic E-state index is 13.3. The average Bonchev–Trinajstić information content (AvgIpc) is 2.15. The van der Waals surface area contributed by atoms with Gasteiger partial charge in [-0.3, -0.25) is 4.79 Å². The molecule has 0 saturated carbocycles. The number of primary sulfonamides is 1. The lowest BCUT2D eigenvalue weighted by atomic mass is 10.2. The highest BCUT2D eigenvalue weighted by Crippen LogP contribution is 2.11. The topological polar surface area (TPSA) is 115 Å². The lowest BCUT2D eigenvalue weighted by molar-refractivity contribution is 0.0952. The molecule has 8 heteroatoms. The number of amides is 1. The fraction of sp³-hybridized carbons (Fsp3) is 0.222. The van der Waals surface area contributed by atoms with Gasteiger partial charge in [-0.2, -0.15) is 0 Å². The van der Waals surface area contributed by atoms with Gasteiger partial charge in [0.15, 0.2) is 0 Å². The van der Waals surface area contributed by atoms with Gasteiger partial charge in [-0.15, -0.1) is 0 Å². The van der Waals surface area contributed by atoms with Gasteiger partial charge in [0.1, 0.15) is 5.82 Å². The van der Waals surface area contributed by atoms with E-state index in [0.29, 0.717) is 0 Å². The molecule has 0 aliphatic carbocycles. The van der Waals surface area contributed by atoms with Gasteiger partial charge in [-0.1, -0.05) is 0 Å². The van der Waals surface area contributed by atoms with Crippen LogP contribution in [0.4, 0.5) is 10.1 Å². The summed E-state index contributed by atoms with van der Waals surface area (Å²) in [5.74, 6) is -1.89. The van der Waals surface area contributed by atoms with E-state index in [4.69, 9.17) is 10.9 Å². The number of halogens is 1. The first-order chi connectivity index (χ1) is 7.79. The third-order valence-corrected chi connectivity index (χ3v) is 2.68. The SMILES string of the molecule is Nc1ccc(C(=O)NCCS(N)(=O)=O)c(F)c1. The fourth-order valence-corrected chi connectivity index (χ4v) is 1.50. The molecule has 6 nitrogen and oxygen atoms in total. The molecule has 0 bridgehead atoms. The molecule has 0 aliphatic heterocycles. The number of rotatable bonds is 4. The van der Waals surface area contributed by atoms with Crippen LogP contribution in [0.2, 0.25) is 0 Å². The Morgan fingerprint density at radius 2 is 2.06 bits per heavy atom. The van der Waals surface area contributed by atoms with Crippen LogP contribution in [0.15, 0.2) is 18.2 Å². The maximum Gasteiger partial charge on any atom is 0.254 e. The first-order valence-electron chi connectivity index (χ1n) is 4.63. The molecule has 0 heterocycles. The van der Waals surface area contributed by atoms with Crippen LogP contribution in [-0.2, 0) is 10.0 Å². The summed E-state index contributed by atoms with van der Waals surface area (Å²) in [6.07, 6.45) is 0. The molecular formula is C9H12FN3O3S. The van der Waals surface area contributed by atoms with E-state index in [1.54, 1.807) is 0 Å². The second-order valence-electron chi connectivity index (χ2n) is 3.36. The van der Waals surface area contributed by atoms with E-state index >= 15 is 0 Å². The number of nitrogens with one attached hydrogen (secondary N) is 1. The van der Waals surface area contributed by atoms with Gasteiger partial charge in [-0.05, 0) is 18.2 Å². The molecule has 1 aromatic rings. The second-order valence-corrected chi connectivity index (χ2v) is 5.10. The third kappa shape index (κ3) is 4.37. The smallest absolute Gasteiger partial charge is 0.254 e. The van der Waals surface area contributed by atoms with Crippen molar-refractivity contribution in [3.8, 4) is 0 Å². The third-order valence-electron chi connectivity index (χ3n) is 1.91. The van der Waals surface area contributed by atoms with Crippen molar-refractivity contribution in [1.82, 2.24) is 5.32 Å². The summed E-state index contributed by atoms with van der Waals surface area (Å²) in [5, 5.41) is 6.98. The molecule has 0 aromatic heterocycles. The largest absolute Gasteiger partial charge is 0.399 e. The first-order valence-corrected chi connectivity index (χ1v) is 6.35. The Morgan fingerprint density at radius 1 is 1.41 bits per heavy atom. The van der Waals surface area contributed by atoms with Crippen LogP contribution < -0.4 is 16.2 Å². The Labute approximate surface area is 97.8 Å². The van der Waals surface area contributed by atoms with Crippen LogP contribution in [0.3, 0.4) is 0 Å². The van der Waals surface area contributed by atoms with E-state index in [2.05, 4.69) is 5.32 Å². The molecule has 0 unspecified atom stereocenters. The van der Waals surface area contributed by atoms with Crippen molar-refractivity contribution in [2.75, 3.05) is 18.0 Å². The molecule has 1 amide bonds. The molecule has 0 spiro atoms. The molecule has 0 radical (unpaired) electrons. The zero-order valence-electron chi connectivity index (χ0n) is 8.81. The van der Waals surface area contributed by atoms with Gasteiger partial charge in [-0.25, -0.2) is 17.9 Å². The van der Waals surface area contributed by atoms with E-state index in [0.717, 1.165) is 6.07 Å². The Balaban J connectivity index is 2.65. The number of hydrogen-bond donors (Lipinski definition) is 3. The number of nitrogens with two attached hydrogens (primary N) is 2. The van der Waals surface area contributed by atoms with Gasteiger partial charge >= 0.3 is 0 Å². The van der Waals surface area contributed by atoms with Gasteiger partial charge in [0.05, 0.1) is 11.3 Å². The summed E-state index contributed by atoms with van der Waals surface area (Å²) >= 11 is 0. The van der Waals surface area contributed by atoms with E-state index in [-0.39, 0.29) is 17.8 Å². The van der Waals surface area contributed by atoms with Crippen LogP contribution in [0, 0.1) is 5.82 Å². The van der Waals surface area contributed by atoms with E-state index in [1.807, 2.05) is 0 Å². The van der Waals surface area contributed by atoms with Crippen molar-refractivity contribution < 1.29 is 17.6 Å². The number of carbonyl (C=O) groups is 1. The summed E-state index contributed by atoms with van der Waals surface area (Å²) in [4.78, 5) is 11.4. The molecule has 0 atom stereocenters. The van der Waals surface area contributed by atoms with Gasteiger partial charge in [0, 0.05) is 12.2 Å². The highest BCUT2D eigenvalue weighted by atomic mass is 32.2. The number of nitrogen functional groups attached to an aromatic ring is 1. The van der Waals surface area contributed by atoms with Crippen molar-refractivity contribution in [3.63, 3.8) is 0 Å². The van der Waals surface area contributed by atoms with Crippen molar-refractivity contribution in [3.05, 3.63) is 29.6 Å². The maximum atomic E-state index is 13.3. The van der Waals surface area contributed by atoms with Crippen LogP contribution in [-0.4, -0.2) is 26.6 Å². The lowest BCUT2D eigenvalue weighted by Gasteiger charge is -2.05. The van der Waals surface area contributed by atoms with Crippen LogP contribution in [0.5, 0.6) is 0 Å². The van der Waals surface area contributed by atoms with Crippen molar-refractivity contribution in [1.29, 1.82) is 0 Å². The number of hydrogen-bond acceptors (Lipinski definition) is 4. The minimum Gasteiger partial charge on any atom is -0.399 e. The van der Waals surface area contributed by atoms with E-state index in [1.165, 1.54) is 12.1 Å². The monoisotopic (exact) mass is 261 g/mol. The summed E-state index contributed by atoms with van der Waals surface area (Å²) in [7, 11) is -3.65. The van der Waals surface area contributed by atoms with Gasteiger partial charge in [0.2, 0.25) is 10.0 Å². The highest BCUT2D eigenvalue weighted by Gasteiger charge is 2.12. The molecule has 0 fully saturated rings. The minimum absolute atomic E-state index is 0.179. The molecule has 0 saturated heterocycles. The van der Waals surface area contributed by atoms with Crippen LogP contribution in [0.25, 0.3) is 0 Å². The van der Waals surface area contributed by atoms with Gasteiger partial charge < -0.3 is 11.1 Å². The Kier molecular flexibility index (Phi) is 4.02. The van der Waals surface area contributed by atoms with Crippen LogP contribution in [0.1, 0.15) is 10.4 Å². The number of benzene rings is 1. The summed E-state index contributed by atoms with van der Waals surface area (Å²) < 4.78 is 34.5. The predicted octanol–water partition coefficient (Wildman–Crippen LogP) is -0.574. The number of carbonyl (C=O) groups excluding carboxylic acids is 1. The standard InChI is InChI=1S/C9H12FN3O3S/c10-8-5-6(11)1-2-7(8)9(14)13-3-4-17(12,15)16/h1-2,5H,3-4,11H2,(H,13,14)(H2,12,15,16). The second kappa shape index (κ2) is 5.11. The number of sulfonamides is 1. The Morgan fingerprint density at radius 3 is 2.59 bits per heavy atom. The normalized spacial score (nSPS) is 11.2. The van der Waals surface area contributed by atoms with E-state index < -0.39 is 27.5 Å². The predicted molar refractivity (Wildman–Crippen MR) is 61.1 cm³/mol. The highest BCUT2D eigenvalue weighted by molar-refractivity contribution is 7.89. The fourth-order valence-electron chi connectivity index (χ4n) is 1.12. The van der Waals surface area contributed by atoms with Gasteiger partial charge in [0.25, 0.3) is 5.91 Å². The molecule has 17 heavy (non-hydrogen) atoms. The average molecular weight is 261 g/mol. The zero-order valence-corrected chi connectivity index (χ0v) is 9.63. The lowest BCUT2D eigenvalue weighted by Crippen LogP contribution is -2.31. The molecule has 5 N–H and O–H groups in total. The molecule has 1 rings (SSSR count). The summed E-state index contributed by atoms with van der Waals surface area (Å²) in [5.41, 5.74) is 5.31. The summed E-state index contributed by atoms with van der Waals surface area (Å²) in [6, 6.07) is 3.60. The number of anilines is 1. The molecule has 0 aliphatic rings. The Bertz CT molecular complexity index is 530. The minimum atomic E-state index is -3.65. The van der Waals surface area contributed by atoms with Crippen molar-refractivity contribution in [2.45, 2.75) is 0 Å². The van der Waals surface area contributed by atoms with Crippen LogP contribution >= 0.6 is 0 Å². The quantitative estimate of drug-likeness (QED) is 0.629. The summed E-state index contributed by atoms with van der Waals surface area (Å²) in [6.45, 7) is -0.179. The zero-order chi connectivity index (χ0) is 13.1. The first kappa shape index (κ1) is 13.4. The molecule has 1 aromatic carbocycles.